The largest absolute Gasteiger partial charge is 0.355 e. The van der Waals surface area contributed by atoms with Crippen molar-refractivity contribution in [2.75, 3.05) is 45.0 Å². The van der Waals surface area contributed by atoms with Crippen LogP contribution in [0.25, 0.3) is 0 Å². The van der Waals surface area contributed by atoms with Crippen LogP contribution in [0, 0.1) is 0 Å². The minimum absolute atomic E-state index is 0. The monoisotopic (exact) mass is 330 g/mol. The number of hydrogen-bond acceptors (Lipinski definition) is 5. The molecule has 0 bridgehead atoms. The van der Waals surface area contributed by atoms with Gasteiger partial charge < -0.3 is 15.5 Å². The van der Waals surface area contributed by atoms with Gasteiger partial charge in [0, 0.05) is 50.0 Å². The number of amides is 1. The first-order valence-electron chi connectivity index (χ1n) is 7.07. The molecule has 0 aliphatic carbocycles. The molecule has 2 N–H and O–H groups in total. The number of nitrogens with zero attached hydrogens (tertiary/aromatic N) is 2. The average molecular weight is 331 g/mol. The second kappa shape index (κ2) is 10.8. The molecule has 0 aromatic carbocycles. The highest BCUT2D eigenvalue weighted by Gasteiger charge is 2.08. The maximum Gasteiger partial charge on any atom is 0.230 e. The molecule has 7 heteroatoms. The van der Waals surface area contributed by atoms with E-state index in [1.807, 2.05) is 12.1 Å². The molecule has 0 unspecified atom stereocenters. The highest BCUT2D eigenvalue weighted by atomic mass is 35.5. The van der Waals surface area contributed by atoms with Crippen molar-refractivity contribution in [2.45, 2.75) is 11.3 Å². The van der Waals surface area contributed by atoms with E-state index in [0.29, 0.717) is 5.75 Å². The zero-order valence-electron chi connectivity index (χ0n) is 12.1. The average Bonchev–Trinajstić information content (AvgIpc) is 2.52. The van der Waals surface area contributed by atoms with Crippen LogP contribution in [0.1, 0.15) is 6.42 Å². The Hall–Kier alpha value is -0.820. The maximum atomic E-state index is 11.7. The Morgan fingerprint density at radius 2 is 2.05 bits per heavy atom. The predicted octanol–water partition coefficient (Wildman–Crippen LogP) is 1.01. The first kappa shape index (κ1) is 18.2. The van der Waals surface area contributed by atoms with Gasteiger partial charge in [0.2, 0.25) is 5.91 Å². The second-order valence-electron chi connectivity index (χ2n) is 4.77. The molecule has 0 radical (unpaired) electrons. The van der Waals surface area contributed by atoms with Gasteiger partial charge in [0.1, 0.15) is 0 Å². The molecule has 2 heterocycles. The van der Waals surface area contributed by atoms with E-state index >= 15 is 0 Å². The Labute approximate surface area is 136 Å². The fourth-order valence-corrected chi connectivity index (χ4v) is 2.81. The molecular formula is C14H23ClN4OS. The van der Waals surface area contributed by atoms with Crippen molar-refractivity contribution in [3.8, 4) is 0 Å². The molecule has 1 amide bonds. The number of rotatable bonds is 7. The molecule has 118 valence electrons. The van der Waals surface area contributed by atoms with E-state index in [1.54, 1.807) is 24.2 Å². The molecule has 2 rings (SSSR count). The van der Waals surface area contributed by atoms with E-state index in [4.69, 9.17) is 0 Å². The summed E-state index contributed by atoms with van der Waals surface area (Å²) < 4.78 is 0. The molecular weight excluding hydrogens is 308 g/mol. The third-order valence-electron chi connectivity index (χ3n) is 3.20. The maximum absolute atomic E-state index is 11.7. The number of thioether (sulfide) groups is 1. The summed E-state index contributed by atoms with van der Waals surface area (Å²) in [7, 11) is 0. The quantitative estimate of drug-likeness (QED) is 0.577. The summed E-state index contributed by atoms with van der Waals surface area (Å²) in [6.07, 6.45) is 4.51. The Morgan fingerprint density at radius 3 is 2.76 bits per heavy atom. The van der Waals surface area contributed by atoms with E-state index in [-0.39, 0.29) is 18.3 Å². The molecule has 0 spiro atoms. The van der Waals surface area contributed by atoms with Crippen LogP contribution in [0.15, 0.2) is 29.4 Å². The third kappa shape index (κ3) is 7.66. The van der Waals surface area contributed by atoms with Crippen LogP contribution in [0.4, 0.5) is 0 Å². The summed E-state index contributed by atoms with van der Waals surface area (Å²) in [6.45, 7) is 6.22. The van der Waals surface area contributed by atoms with Crippen molar-refractivity contribution >= 4 is 30.1 Å². The fourth-order valence-electron chi connectivity index (χ4n) is 2.10. The summed E-state index contributed by atoms with van der Waals surface area (Å²) in [5.74, 6) is 0.574. The van der Waals surface area contributed by atoms with Gasteiger partial charge >= 0.3 is 0 Å². The zero-order chi connectivity index (χ0) is 14.0. The minimum Gasteiger partial charge on any atom is -0.355 e. The van der Waals surface area contributed by atoms with Gasteiger partial charge in [0.15, 0.2) is 0 Å². The van der Waals surface area contributed by atoms with Gasteiger partial charge in [-0.2, -0.15) is 0 Å². The van der Waals surface area contributed by atoms with E-state index in [2.05, 4.69) is 20.5 Å². The van der Waals surface area contributed by atoms with Crippen molar-refractivity contribution in [1.82, 2.24) is 20.5 Å². The van der Waals surface area contributed by atoms with Crippen LogP contribution in [0.3, 0.4) is 0 Å². The first-order valence-corrected chi connectivity index (χ1v) is 8.06. The number of hydrogen-bond donors (Lipinski definition) is 2. The van der Waals surface area contributed by atoms with Crippen LogP contribution in [0.2, 0.25) is 0 Å². The normalized spacial score (nSPS) is 15.2. The smallest absolute Gasteiger partial charge is 0.230 e. The number of carbonyl (C=O) groups excluding carboxylic acids is 1. The van der Waals surface area contributed by atoms with Crippen molar-refractivity contribution in [3.63, 3.8) is 0 Å². The summed E-state index contributed by atoms with van der Waals surface area (Å²) in [4.78, 5) is 19.2. The Kier molecular flexibility index (Phi) is 9.41. The minimum atomic E-state index is 0. The number of carbonyl (C=O) groups is 1. The second-order valence-corrected chi connectivity index (χ2v) is 5.82. The molecule has 1 aliphatic rings. The Bertz CT molecular complexity index is 401. The number of nitrogens with one attached hydrogen (secondary N) is 2. The van der Waals surface area contributed by atoms with Gasteiger partial charge in [-0.25, -0.2) is 0 Å². The molecule has 1 aromatic heterocycles. The molecule has 0 atom stereocenters. The lowest BCUT2D eigenvalue weighted by atomic mass is 10.3. The fraction of sp³-hybridized carbons (Fsp3) is 0.571. The lowest BCUT2D eigenvalue weighted by molar-refractivity contribution is -0.118. The molecule has 21 heavy (non-hydrogen) atoms. The van der Waals surface area contributed by atoms with Gasteiger partial charge in [-0.1, -0.05) is 0 Å². The van der Waals surface area contributed by atoms with E-state index in [1.165, 1.54) is 0 Å². The van der Waals surface area contributed by atoms with Crippen LogP contribution in [-0.2, 0) is 4.79 Å². The summed E-state index contributed by atoms with van der Waals surface area (Å²) in [5, 5.41) is 6.31. The summed E-state index contributed by atoms with van der Waals surface area (Å²) in [5.41, 5.74) is 0. The molecule has 0 saturated carbocycles. The summed E-state index contributed by atoms with van der Waals surface area (Å²) in [6, 6.07) is 3.84. The van der Waals surface area contributed by atoms with Gasteiger partial charge in [0.05, 0.1) is 5.75 Å². The van der Waals surface area contributed by atoms with Crippen molar-refractivity contribution < 1.29 is 4.79 Å². The van der Waals surface area contributed by atoms with Crippen molar-refractivity contribution in [3.05, 3.63) is 24.5 Å². The van der Waals surface area contributed by atoms with Crippen LogP contribution >= 0.6 is 24.2 Å². The zero-order valence-corrected chi connectivity index (χ0v) is 13.7. The summed E-state index contributed by atoms with van der Waals surface area (Å²) >= 11 is 1.54. The highest BCUT2D eigenvalue weighted by molar-refractivity contribution is 8.00. The number of piperazine rings is 1. The predicted molar refractivity (Wildman–Crippen MR) is 89.1 cm³/mol. The SMILES string of the molecule is Cl.O=C(CSc1ccncc1)NCCCN1CCNCC1. The van der Waals surface area contributed by atoms with Crippen LogP contribution in [0.5, 0.6) is 0 Å². The van der Waals surface area contributed by atoms with Gasteiger partial charge in [-0.05, 0) is 25.1 Å². The van der Waals surface area contributed by atoms with E-state index in [0.717, 1.165) is 50.6 Å². The number of aromatic nitrogens is 1. The number of halogens is 1. The molecule has 1 aliphatic heterocycles. The molecule has 1 fully saturated rings. The lowest BCUT2D eigenvalue weighted by Crippen LogP contribution is -2.44. The van der Waals surface area contributed by atoms with Gasteiger partial charge in [-0.3, -0.25) is 9.78 Å². The van der Waals surface area contributed by atoms with Crippen molar-refractivity contribution in [2.24, 2.45) is 0 Å². The standard InChI is InChI=1S/C14H22N4OS.ClH/c19-14(12-20-13-2-5-15-6-3-13)17-4-1-9-18-10-7-16-8-11-18;/h2-3,5-6,16H,1,4,7-12H2,(H,17,19);1H. The van der Waals surface area contributed by atoms with Crippen LogP contribution < -0.4 is 10.6 Å². The van der Waals surface area contributed by atoms with Crippen LogP contribution in [-0.4, -0.2) is 60.8 Å². The molecule has 1 saturated heterocycles. The molecule has 1 aromatic rings. The lowest BCUT2D eigenvalue weighted by Gasteiger charge is -2.27. The van der Waals surface area contributed by atoms with E-state index in [9.17, 15) is 4.79 Å². The number of pyridine rings is 1. The first-order chi connectivity index (χ1) is 9.84. The topological polar surface area (TPSA) is 57.3 Å². The molecule has 5 nitrogen and oxygen atoms in total. The Balaban J connectivity index is 0.00000220. The third-order valence-corrected chi connectivity index (χ3v) is 4.21. The van der Waals surface area contributed by atoms with E-state index < -0.39 is 0 Å². The van der Waals surface area contributed by atoms with Crippen molar-refractivity contribution in [1.29, 1.82) is 0 Å². The highest BCUT2D eigenvalue weighted by Crippen LogP contribution is 2.15. The van der Waals surface area contributed by atoms with Gasteiger partial charge in [0.25, 0.3) is 0 Å². The Morgan fingerprint density at radius 1 is 1.33 bits per heavy atom. The van der Waals surface area contributed by atoms with Gasteiger partial charge in [-0.15, -0.1) is 24.2 Å².